The van der Waals surface area contributed by atoms with Gasteiger partial charge in [0.25, 0.3) is 0 Å². The van der Waals surface area contributed by atoms with Gasteiger partial charge in [0.1, 0.15) is 13.2 Å². The molecule has 0 unspecified atom stereocenters. The normalized spacial score (nSPS) is 12.0. The molecular formula is C61H118O6. The molecule has 0 fully saturated rings. The Labute approximate surface area is 418 Å². The van der Waals surface area contributed by atoms with Gasteiger partial charge in [0.2, 0.25) is 0 Å². The molecule has 0 aromatic heterocycles. The Hall–Kier alpha value is -1.59. The summed E-state index contributed by atoms with van der Waals surface area (Å²) < 4.78 is 16.9. The van der Waals surface area contributed by atoms with Crippen LogP contribution in [0.3, 0.4) is 0 Å². The van der Waals surface area contributed by atoms with Crippen LogP contribution in [0.15, 0.2) is 0 Å². The molecule has 0 rings (SSSR count). The molecule has 0 aliphatic carbocycles. The van der Waals surface area contributed by atoms with Crippen LogP contribution in [0.1, 0.15) is 349 Å². The van der Waals surface area contributed by atoms with Gasteiger partial charge in [-0.1, -0.05) is 310 Å². The van der Waals surface area contributed by atoms with Crippen LogP contribution in [0.25, 0.3) is 0 Å². The second kappa shape index (κ2) is 55.3. The van der Waals surface area contributed by atoms with Gasteiger partial charge >= 0.3 is 17.9 Å². The molecule has 0 aromatic carbocycles. The van der Waals surface area contributed by atoms with Crippen molar-refractivity contribution in [2.75, 3.05) is 13.2 Å². The first-order valence-electron chi connectivity index (χ1n) is 30.4. The maximum Gasteiger partial charge on any atom is 0.306 e. The average molecular weight is 948 g/mol. The lowest BCUT2D eigenvalue weighted by atomic mass is 10.0. The minimum Gasteiger partial charge on any atom is -0.462 e. The predicted octanol–water partition coefficient (Wildman–Crippen LogP) is 20.2. The second-order valence-electron chi connectivity index (χ2n) is 21.5. The summed E-state index contributed by atoms with van der Waals surface area (Å²) in [5.74, 6) is 0.0184. The zero-order valence-corrected chi connectivity index (χ0v) is 45.9. The van der Waals surface area contributed by atoms with E-state index in [1.54, 1.807) is 0 Å². The minimum absolute atomic E-state index is 0.0614. The van der Waals surface area contributed by atoms with Crippen LogP contribution in [-0.4, -0.2) is 37.2 Å². The van der Waals surface area contributed by atoms with Crippen LogP contribution in [0.4, 0.5) is 0 Å². The molecule has 0 saturated heterocycles. The van der Waals surface area contributed by atoms with Gasteiger partial charge in [0, 0.05) is 19.3 Å². The first kappa shape index (κ1) is 65.4. The Morgan fingerprint density at radius 2 is 0.493 bits per heavy atom. The van der Waals surface area contributed by atoms with Gasteiger partial charge in [0.05, 0.1) is 0 Å². The molecule has 0 aromatic rings. The first-order valence-corrected chi connectivity index (χ1v) is 30.4. The third kappa shape index (κ3) is 55.2. The highest BCUT2D eigenvalue weighted by molar-refractivity contribution is 5.71. The number of rotatable bonds is 56. The fourth-order valence-corrected chi connectivity index (χ4v) is 9.46. The Balaban J connectivity index is 4.28. The summed E-state index contributed by atoms with van der Waals surface area (Å²) >= 11 is 0. The van der Waals surface area contributed by atoms with E-state index < -0.39 is 6.10 Å². The molecule has 6 nitrogen and oxygen atoms in total. The number of hydrogen-bond donors (Lipinski definition) is 0. The quantitative estimate of drug-likeness (QED) is 0.0343. The second-order valence-corrected chi connectivity index (χ2v) is 21.5. The topological polar surface area (TPSA) is 78.9 Å². The lowest BCUT2D eigenvalue weighted by Crippen LogP contribution is -2.30. The Kier molecular flexibility index (Phi) is 54.0. The lowest BCUT2D eigenvalue weighted by Gasteiger charge is -2.18. The molecule has 6 heteroatoms. The van der Waals surface area contributed by atoms with Gasteiger partial charge in [-0.3, -0.25) is 14.4 Å². The number of unbranched alkanes of at least 4 members (excludes halogenated alkanes) is 43. The molecule has 0 radical (unpaired) electrons. The van der Waals surface area contributed by atoms with Gasteiger partial charge < -0.3 is 14.2 Å². The van der Waals surface area contributed by atoms with E-state index in [2.05, 4.69) is 27.7 Å². The van der Waals surface area contributed by atoms with E-state index in [0.29, 0.717) is 19.3 Å². The van der Waals surface area contributed by atoms with Crippen molar-refractivity contribution in [1.82, 2.24) is 0 Å². The van der Waals surface area contributed by atoms with E-state index in [0.717, 1.165) is 63.7 Å². The summed E-state index contributed by atoms with van der Waals surface area (Å²) in [5, 5.41) is 0. The summed E-state index contributed by atoms with van der Waals surface area (Å²) in [7, 11) is 0. The third-order valence-corrected chi connectivity index (χ3v) is 14.0. The SMILES string of the molecule is CCCCCCCCCCCCCCCCCCCC(=O)O[C@@H](COC(=O)CCCCCCCCCCCCCCCC)COC(=O)CCCCCCCCCCCCCCCCCC(C)C. The molecule has 0 N–H and O–H groups in total. The van der Waals surface area contributed by atoms with E-state index in [-0.39, 0.29) is 31.1 Å². The van der Waals surface area contributed by atoms with Crippen molar-refractivity contribution in [1.29, 1.82) is 0 Å². The largest absolute Gasteiger partial charge is 0.462 e. The van der Waals surface area contributed by atoms with Gasteiger partial charge in [-0.05, 0) is 25.2 Å². The maximum atomic E-state index is 12.9. The number of carbonyl (C=O) groups is 3. The summed E-state index contributed by atoms with van der Waals surface area (Å²) in [6.45, 7) is 9.08. The summed E-state index contributed by atoms with van der Waals surface area (Å²) in [4.78, 5) is 38.2. The van der Waals surface area contributed by atoms with Gasteiger partial charge in [0.15, 0.2) is 6.10 Å². The van der Waals surface area contributed by atoms with Crippen LogP contribution in [0.2, 0.25) is 0 Å². The van der Waals surface area contributed by atoms with E-state index in [9.17, 15) is 14.4 Å². The van der Waals surface area contributed by atoms with Gasteiger partial charge in [-0.25, -0.2) is 0 Å². The lowest BCUT2D eigenvalue weighted by molar-refractivity contribution is -0.167. The zero-order chi connectivity index (χ0) is 48.8. The molecule has 1 atom stereocenters. The van der Waals surface area contributed by atoms with Crippen LogP contribution < -0.4 is 0 Å². The van der Waals surface area contributed by atoms with Crippen molar-refractivity contribution in [2.45, 2.75) is 355 Å². The van der Waals surface area contributed by atoms with Gasteiger partial charge in [-0.15, -0.1) is 0 Å². The van der Waals surface area contributed by atoms with E-state index in [1.807, 2.05) is 0 Å². The highest BCUT2D eigenvalue weighted by Gasteiger charge is 2.19. The summed E-state index contributed by atoms with van der Waals surface area (Å²) in [6, 6.07) is 0. The van der Waals surface area contributed by atoms with Crippen molar-refractivity contribution in [3.63, 3.8) is 0 Å². The monoisotopic (exact) mass is 947 g/mol. The molecule has 67 heavy (non-hydrogen) atoms. The maximum absolute atomic E-state index is 12.9. The van der Waals surface area contributed by atoms with Crippen molar-refractivity contribution >= 4 is 17.9 Å². The van der Waals surface area contributed by atoms with Crippen LogP contribution in [-0.2, 0) is 28.6 Å². The van der Waals surface area contributed by atoms with E-state index in [1.165, 1.54) is 244 Å². The van der Waals surface area contributed by atoms with Crippen molar-refractivity contribution in [3.8, 4) is 0 Å². The smallest absolute Gasteiger partial charge is 0.306 e. The number of ether oxygens (including phenoxy) is 3. The van der Waals surface area contributed by atoms with Crippen molar-refractivity contribution in [2.24, 2.45) is 5.92 Å². The molecule has 0 spiro atoms. The first-order chi connectivity index (χ1) is 32.9. The van der Waals surface area contributed by atoms with Gasteiger partial charge in [-0.2, -0.15) is 0 Å². The number of esters is 3. The highest BCUT2D eigenvalue weighted by Crippen LogP contribution is 2.18. The van der Waals surface area contributed by atoms with Crippen LogP contribution in [0, 0.1) is 5.92 Å². The fourth-order valence-electron chi connectivity index (χ4n) is 9.46. The molecule has 0 aliphatic rings. The van der Waals surface area contributed by atoms with E-state index in [4.69, 9.17) is 14.2 Å². The molecular weight excluding hydrogens is 829 g/mol. The average Bonchev–Trinajstić information content (AvgIpc) is 3.31. The minimum atomic E-state index is -0.762. The molecule has 0 aliphatic heterocycles. The Bertz CT molecular complexity index is 1010. The van der Waals surface area contributed by atoms with Crippen LogP contribution >= 0.6 is 0 Å². The molecule has 0 bridgehead atoms. The highest BCUT2D eigenvalue weighted by atomic mass is 16.6. The molecule has 0 heterocycles. The van der Waals surface area contributed by atoms with Crippen molar-refractivity contribution < 1.29 is 28.6 Å². The van der Waals surface area contributed by atoms with E-state index >= 15 is 0 Å². The van der Waals surface area contributed by atoms with Crippen molar-refractivity contribution in [3.05, 3.63) is 0 Å². The summed E-state index contributed by atoms with van der Waals surface area (Å²) in [5.41, 5.74) is 0. The zero-order valence-electron chi connectivity index (χ0n) is 45.9. The Morgan fingerprint density at radius 3 is 0.731 bits per heavy atom. The molecule has 0 saturated carbocycles. The Morgan fingerprint density at radius 1 is 0.284 bits per heavy atom. The number of carbonyl (C=O) groups excluding carboxylic acids is 3. The third-order valence-electron chi connectivity index (χ3n) is 14.0. The number of hydrogen-bond acceptors (Lipinski definition) is 6. The molecule has 398 valence electrons. The van der Waals surface area contributed by atoms with Crippen LogP contribution in [0.5, 0.6) is 0 Å². The fraction of sp³-hybridized carbons (Fsp3) is 0.951. The molecule has 0 amide bonds. The predicted molar refractivity (Wildman–Crippen MR) is 289 cm³/mol. The summed E-state index contributed by atoms with van der Waals surface area (Å²) in [6.07, 6.45) is 60.9. The standard InChI is InChI=1S/C61H118O6/c1-5-7-9-11-13-15-17-19-21-22-25-30-34-38-42-46-50-54-61(64)67-58(55-65-59(62)52-48-44-40-36-32-28-20-18-16-14-12-10-8-6-2)56-66-60(63)53-49-45-41-37-33-29-26-23-24-27-31-35-39-43-47-51-57(3)4/h57-58H,5-56H2,1-4H3/t58-/m0/s1.